The fraction of sp³-hybridized carbons (Fsp3) is 0.400. The van der Waals surface area contributed by atoms with Gasteiger partial charge in [-0.1, -0.05) is 13.0 Å². The van der Waals surface area contributed by atoms with Crippen molar-refractivity contribution in [3.63, 3.8) is 0 Å². The van der Waals surface area contributed by atoms with Gasteiger partial charge in [0.15, 0.2) is 0 Å². The van der Waals surface area contributed by atoms with Crippen LogP contribution in [0.15, 0.2) is 24.4 Å². The Morgan fingerprint density at radius 3 is 2.74 bits per heavy atom. The van der Waals surface area contributed by atoms with Crippen molar-refractivity contribution in [2.75, 3.05) is 6.54 Å². The monoisotopic (exact) mass is 278 g/mol. The van der Waals surface area contributed by atoms with Gasteiger partial charge in [-0.3, -0.25) is 0 Å². The van der Waals surface area contributed by atoms with E-state index in [1.165, 1.54) is 10.9 Å². The lowest BCUT2D eigenvalue weighted by molar-refractivity contribution is 0.595. The summed E-state index contributed by atoms with van der Waals surface area (Å²) < 4.78 is 13.2. The second-order valence-corrected chi connectivity index (χ2v) is 5.94. The Balaban J connectivity index is 2.36. The Hall–Kier alpha value is -1.26. The normalized spacial score (nSPS) is 12.6. The molecule has 0 saturated carbocycles. The molecule has 1 atom stereocenters. The summed E-state index contributed by atoms with van der Waals surface area (Å²) in [6.07, 6.45) is 2.98. The summed E-state index contributed by atoms with van der Waals surface area (Å²) in [6.45, 7) is 7.02. The van der Waals surface area contributed by atoms with Gasteiger partial charge in [0, 0.05) is 11.1 Å². The van der Waals surface area contributed by atoms with E-state index in [9.17, 15) is 4.39 Å². The van der Waals surface area contributed by atoms with Crippen molar-refractivity contribution in [1.29, 1.82) is 0 Å². The first-order valence-corrected chi connectivity index (χ1v) is 7.35. The SMILES string of the molecule is CCCNC(c1cnc(C)s1)c1ccc(F)cc1C. The number of hydrogen-bond donors (Lipinski definition) is 1. The van der Waals surface area contributed by atoms with Crippen LogP contribution in [0.3, 0.4) is 0 Å². The van der Waals surface area contributed by atoms with Crippen LogP contribution >= 0.6 is 11.3 Å². The first-order valence-electron chi connectivity index (χ1n) is 6.53. The third-order valence-electron chi connectivity index (χ3n) is 3.06. The van der Waals surface area contributed by atoms with Crippen LogP contribution in [0, 0.1) is 19.7 Å². The van der Waals surface area contributed by atoms with Gasteiger partial charge in [0.25, 0.3) is 0 Å². The zero-order valence-corrected chi connectivity index (χ0v) is 12.4. The third-order valence-corrected chi connectivity index (χ3v) is 4.04. The van der Waals surface area contributed by atoms with E-state index in [-0.39, 0.29) is 11.9 Å². The van der Waals surface area contributed by atoms with Crippen molar-refractivity contribution >= 4 is 11.3 Å². The predicted octanol–water partition coefficient (Wildman–Crippen LogP) is 3.99. The van der Waals surface area contributed by atoms with Gasteiger partial charge in [-0.05, 0) is 50.1 Å². The summed E-state index contributed by atoms with van der Waals surface area (Å²) in [4.78, 5) is 5.50. The molecule has 1 heterocycles. The van der Waals surface area contributed by atoms with Gasteiger partial charge >= 0.3 is 0 Å². The molecule has 4 heteroatoms. The average molecular weight is 278 g/mol. The number of thiazole rings is 1. The largest absolute Gasteiger partial charge is 0.306 e. The fourth-order valence-corrected chi connectivity index (χ4v) is 3.01. The topological polar surface area (TPSA) is 24.9 Å². The highest BCUT2D eigenvalue weighted by Gasteiger charge is 2.18. The molecule has 0 spiro atoms. The van der Waals surface area contributed by atoms with Gasteiger partial charge < -0.3 is 5.32 Å². The van der Waals surface area contributed by atoms with Crippen LogP contribution in [0.2, 0.25) is 0 Å². The Morgan fingerprint density at radius 2 is 2.16 bits per heavy atom. The van der Waals surface area contributed by atoms with Gasteiger partial charge in [0.05, 0.1) is 11.0 Å². The molecular weight excluding hydrogens is 259 g/mol. The van der Waals surface area contributed by atoms with Crippen molar-refractivity contribution in [1.82, 2.24) is 10.3 Å². The molecule has 1 N–H and O–H groups in total. The number of nitrogens with one attached hydrogen (secondary N) is 1. The number of halogens is 1. The summed E-state index contributed by atoms with van der Waals surface area (Å²) in [7, 11) is 0. The summed E-state index contributed by atoms with van der Waals surface area (Å²) in [5.41, 5.74) is 2.10. The maximum Gasteiger partial charge on any atom is 0.123 e. The van der Waals surface area contributed by atoms with Crippen LogP contribution in [-0.4, -0.2) is 11.5 Å². The smallest absolute Gasteiger partial charge is 0.123 e. The van der Waals surface area contributed by atoms with E-state index in [0.717, 1.165) is 29.1 Å². The van der Waals surface area contributed by atoms with Crippen molar-refractivity contribution < 1.29 is 4.39 Å². The average Bonchev–Trinajstić information content (AvgIpc) is 2.78. The number of hydrogen-bond acceptors (Lipinski definition) is 3. The van der Waals surface area contributed by atoms with Gasteiger partial charge in [-0.2, -0.15) is 0 Å². The van der Waals surface area contributed by atoms with Crippen LogP contribution in [-0.2, 0) is 0 Å². The lowest BCUT2D eigenvalue weighted by Crippen LogP contribution is -2.23. The van der Waals surface area contributed by atoms with Gasteiger partial charge in [-0.25, -0.2) is 9.37 Å². The molecule has 2 aromatic rings. The van der Waals surface area contributed by atoms with E-state index in [1.807, 2.05) is 26.1 Å². The summed E-state index contributed by atoms with van der Waals surface area (Å²) in [5.74, 6) is -0.184. The summed E-state index contributed by atoms with van der Waals surface area (Å²) in [6, 6.07) is 5.08. The zero-order chi connectivity index (χ0) is 13.8. The van der Waals surface area contributed by atoms with Crippen molar-refractivity contribution in [2.45, 2.75) is 33.2 Å². The number of nitrogens with zero attached hydrogens (tertiary/aromatic N) is 1. The van der Waals surface area contributed by atoms with E-state index in [1.54, 1.807) is 17.4 Å². The molecule has 2 rings (SSSR count). The maximum absolute atomic E-state index is 13.2. The molecule has 19 heavy (non-hydrogen) atoms. The Morgan fingerprint density at radius 1 is 1.37 bits per heavy atom. The minimum Gasteiger partial charge on any atom is -0.306 e. The lowest BCUT2D eigenvalue weighted by Gasteiger charge is -2.19. The number of aromatic nitrogens is 1. The second-order valence-electron chi connectivity index (χ2n) is 4.67. The van der Waals surface area contributed by atoms with Crippen molar-refractivity contribution in [3.05, 3.63) is 51.2 Å². The molecule has 0 fully saturated rings. The first kappa shape index (κ1) is 14.2. The zero-order valence-electron chi connectivity index (χ0n) is 11.5. The molecule has 0 amide bonds. The Bertz CT molecular complexity index is 551. The lowest BCUT2D eigenvalue weighted by atomic mass is 10.00. The van der Waals surface area contributed by atoms with E-state index >= 15 is 0 Å². The van der Waals surface area contributed by atoms with Crippen LogP contribution in [0.5, 0.6) is 0 Å². The highest BCUT2D eigenvalue weighted by molar-refractivity contribution is 7.11. The minimum absolute atomic E-state index is 0.103. The van der Waals surface area contributed by atoms with Crippen LogP contribution in [0.25, 0.3) is 0 Å². The first-order chi connectivity index (χ1) is 9.11. The van der Waals surface area contributed by atoms with Crippen molar-refractivity contribution in [2.24, 2.45) is 0 Å². The van der Waals surface area contributed by atoms with E-state index in [2.05, 4.69) is 17.2 Å². The molecule has 0 aliphatic heterocycles. The van der Waals surface area contributed by atoms with Crippen LogP contribution in [0.1, 0.15) is 40.4 Å². The molecule has 1 unspecified atom stereocenters. The highest BCUT2D eigenvalue weighted by Crippen LogP contribution is 2.29. The van der Waals surface area contributed by atoms with Gasteiger partial charge in [-0.15, -0.1) is 11.3 Å². The third kappa shape index (κ3) is 3.39. The molecule has 0 radical (unpaired) electrons. The van der Waals surface area contributed by atoms with E-state index in [4.69, 9.17) is 0 Å². The van der Waals surface area contributed by atoms with Crippen LogP contribution < -0.4 is 5.32 Å². The fourth-order valence-electron chi connectivity index (χ4n) is 2.13. The molecule has 1 aromatic heterocycles. The number of aryl methyl sites for hydroxylation is 2. The molecular formula is C15H19FN2S. The Labute approximate surface area is 117 Å². The Kier molecular flexibility index (Phi) is 4.66. The van der Waals surface area contributed by atoms with Crippen molar-refractivity contribution in [3.8, 4) is 0 Å². The van der Waals surface area contributed by atoms with Gasteiger partial charge in [0.1, 0.15) is 5.82 Å². The standard InChI is InChI=1S/C15H19FN2S/c1-4-7-17-15(14-9-18-11(3)19-14)13-6-5-12(16)8-10(13)2/h5-6,8-9,15,17H,4,7H2,1-3H3. The summed E-state index contributed by atoms with van der Waals surface area (Å²) in [5, 5.41) is 4.58. The molecule has 0 aliphatic rings. The van der Waals surface area contributed by atoms with E-state index < -0.39 is 0 Å². The molecule has 1 aromatic carbocycles. The quantitative estimate of drug-likeness (QED) is 0.894. The highest BCUT2D eigenvalue weighted by atomic mass is 32.1. The summed E-state index contributed by atoms with van der Waals surface area (Å²) >= 11 is 1.69. The van der Waals surface area contributed by atoms with Gasteiger partial charge in [0.2, 0.25) is 0 Å². The number of benzene rings is 1. The van der Waals surface area contributed by atoms with E-state index in [0.29, 0.717) is 0 Å². The minimum atomic E-state index is -0.184. The molecule has 0 bridgehead atoms. The van der Waals surface area contributed by atoms with Crippen LogP contribution in [0.4, 0.5) is 4.39 Å². The molecule has 0 aliphatic carbocycles. The molecule has 102 valence electrons. The predicted molar refractivity (Wildman–Crippen MR) is 78.1 cm³/mol. The second kappa shape index (κ2) is 6.26. The maximum atomic E-state index is 13.2. The molecule has 0 saturated heterocycles. The number of rotatable bonds is 5. The molecule has 2 nitrogen and oxygen atoms in total.